The molecule has 1 aromatic carbocycles. The molecule has 74 valence electrons. The minimum absolute atomic E-state index is 0.244. The second-order valence-electron chi connectivity index (χ2n) is 2.83. The summed E-state index contributed by atoms with van der Waals surface area (Å²) >= 11 is 0. The standard InChI is InChI=1S/C10H8N4O/c15-10(9-6-7-11-14-13-9)12-8-4-2-1-3-5-8/h1-7H,(H,12,15). The minimum Gasteiger partial charge on any atom is -0.321 e. The van der Waals surface area contributed by atoms with Gasteiger partial charge in [0.05, 0.1) is 6.20 Å². The van der Waals surface area contributed by atoms with Crippen molar-refractivity contribution in [2.45, 2.75) is 0 Å². The summed E-state index contributed by atoms with van der Waals surface area (Å²) in [5.41, 5.74) is 0.968. The van der Waals surface area contributed by atoms with E-state index in [0.717, 1.165) is 5.69 Å². The van der Waals surface area contributed by atoms with Crippen molar-refractivity contribution in [1.82, 2.24) is 15.4 Å². The quantitative estimate of drug-likeness (QED) is 0.788. The number of hydrogen-bond acceptors (Lipinski definition) is 4. The summed E-state index contributed by atoms with van der Waals surface area (Å²) in [6, 6.07) is 10.7. The fraction of sp³-hybridized carbons (Fsp3) is 0. The first-order valence-corrected chi connectivity index (χ1v) is 4.37. The molecule has 1 heterocycles. The molecule has 0 bridgehead atoms. The van der Waals surface area contributed by atoms with Crippen molar-refractivity contribution in [3.05, 3.63) is 48.3 Å². The minimum atomic E-state index is -0.295. The molecular formula is C10H8N4O. The highest BCUT2D eigenvalue weighted by Crippen LogP contribution is 2.06. The summed E-state index contributed by atoms with van der Waals surface area (Å²) in [5.74, 6) is -0.295. The van der Waals surface area contributed by atoms with E-state index in [2.05, 4.69) is 20.7 Å². The van der Waals surface area contributed by atoms with E-state index in [4.69, 9.17) is 0 Å². The highest BCUT2D eigenvalue weighted by atomic mass is 16.1. The van der Waals surface area contributed by atoms with Crippen LogP contribution in [-0.2, 0) is 0 Å². The zero-order chi connectivity index (χ0) is 10.5. The predicted octanol–water partition coefficient (Wildman–Crippen LogP) is 1.12. The first-order chi connectivity index (χ1) is 7.36. The molecule has 2 aromatic rings. The van der Waals surface area contributed by atoms with E-state index in [1.54, 1.807) is 12.1 Å². The van der Waals surface area contributed by atoms with Crippen molar-refractivity contribution in [3.8, 4) is 0 Å². The third-order valence-corrected chi connectivity index (χ3v) is 1.77. The molecule has 0 saturated carbocycles. The molecule has 0 aliphatic carbocycles. The molecule has 0 unspecified atom stereocenters. The van der Waals surface area contributed by atoms with Crippen molar-refractivity contribution >= 4 is 11.6 Å². The smallest absolute Gasteiger partial charge is 0.276 e. The topological polar surface area (TPSA) is 67.8 Å². The molecule has 15 heavy (non-hydrogen) atoms. The Bertz CT molecular complexity index is 443. The predicted molar refractivity (Wildman–Crippen MR) is 54.2 cm³/mol. The molecule has 1 N–H and O–H groups in total. The lowest BCUT2D eigenvalue weighted by atomic mass is 10.3. The van der Waals surface area contributed by atoms with Gasteiger partial charge in [-0.25, -0.2) is 0 Å². The monoisotopic (exact) mass is 200 g/mol. The molecule has 1 amide bonds. The number of hydrogen-bond donors (Lipinski definition) is 1. The van der Waals surface area contributed by atoms with Gasteiger partial charge in [0.2, 0.25) is 0 Å². The molecule has 5 nitrogen and oxygen atoms in total. The zero-order valence-electron chi connectivity index (χ0n) is 7.79. The van der Waals surface area contributed by atoms with Crippen molar-refractivity contribution < 1.29 is 4.79 Å². The first-order valence-electron chi connectivity index (χ1n) is 4.37. The van der Waals surface area contributed by atoms with Crippen molar-refractivity contribution in [2.75, 3.05) is 5.32 Å². The maximum atomic E-state index is 11.6. The fourth-order valence-corrected chi connectivity index (χ4v) is 1.08. The van der Waals surface area contributed by atoms with Crippen LogP contribution in [0.3, 0.4) is 0 Å². The van der Waals surface area contributed by atoms with Gasteiger partial charge in [-0.05, 0) is 23.4 Å². The SMILES string of the molecule is O=C(Nc1ccccc1)c1ccnnn1. The lowest BCUT2D eigenvalue weighted by Gasteiger charge is -2.02. The van der Waals surface area contributed by atoms with Crippen LogP contribution in [-0.4, -0.2) is 21.3 Å². The summed E-state index contributed by atoms with van der Waals surface area (Å²) < 4.78 is 0. The average Bonchev–Trinajstić information content (AvgIpc) is 2.31. The Morgan fingerprint density at radius 3 is 2.60 bits per heavy atom. The summed E-state index contributed by atoms with van der Waals surface area (Å²) in [7, 11) is 0. The largest absolute Gasteiger partial charge is 0.321 e. The van der Waals surface area contributed by atoms with Crippen LogP contribution in [0.25, 0.3) is 0 Å². The van der Waals surface area contributed by atoms with E-state index in [-0.39, 0.29) is 11.6 Å². The van der Waals surface area contributed by atoms with Gasteiger partial charge < -0.3 is 5.32 Å². The van der Waals surface area contributed by atoms with Gasteiger partial charge in [0.15, 0.2) is 5.69 Å². The zero-order valence-corrected chi connectivity index (χ0v) is 7.79. The Balaban J connectivity index is 2.12. The Labute approximate surface area is 86.2 Å². The molecule has 0 atom stereocenters. The van der Waals surface area contributed by atoms with Crippen molar-refractivity contribution in [2.24, 2.45) is 0 Å². The highest BCUT2D eigenvalue weighted by Gasteiger charge is 2.06. The van der Waals surface area contributed by atoms with Crippen LogP contribution in [0.2, 0.25) is 0 Å². The summed E-state index contributed by atoms with van der Waals surface area (Å²) in [6.45, 7) is 0. The van der Waals surface area contributed by atoms with Gasteiger partial charge >= 0.3 is 0 Å². The van der Waals surface area contributed by atoms with Gasteiger partial charge in [-0.2, -0.15) is 0 Å². The molecule has 0 aliphatic heterocycles. The van der Waals surface area contributed by atoms with Crippen molar-refractivity contribution in [3.63, 3.8) is 0 Å². The highest BCUT2D eigenvalue weighted by molar-refractivity contribution is 6.02. The fourth-order valence-electron chi connectivity index (χ4n) is 1.08. The Kier molecular flexibility index (Phi) is 2.64. The molecule has 0 aliphatic rings. The average molecular weight is 200 g/mol. The van der Waals surface area contributed by atoms with E-state index in [9.17, 15) is 4.79 Å². The van der Waals surface area contributed by atoms with Crippen LogP contribution in [0.4, 0.5) is 5.69 Å². The number of anilines is 1. The van der Waals surface area contributed by atoms with Crippen LogP contribution in [0.1, 0.15) is 10.5 Å². The van der Waals surface area contributed by atoms with Crippen LogP contribution in [0, 0.1) is 0 Å². The Morgan fingerprint density at radius 1 is 1.13 bits per heavy atom. The number of benzene rings is 1. The number of nitrogens with one attached hydrogen (secondary N) is 1. The molecule has 0 fully saturated rings. The van der Waals surface area contributed by atoms with Crippen LogP contribution < -0.4 is 5.32 Å². The van der Waals surface area contributed by atoms with Gasteiger partial charge in [0.25, 0.3) is 5.91 Å². The molecule has 2 rings (SSSR count). The normalized spacial score (nSPS) is 9.60. The van der Waals surface area contributed by atoms with Crippen LogP contribution in [0.15, 0.2) is 42.6 Å². The lowest BCUT2D eigenvalue weighted by Crippen LogP contribution is -2.14. The van der Waals surface area contributed by atoms with Gasteiger partial charge in [-0.3, -0.25) is 4.79 Å². The molecule has 0 radical (unpaired) electrons. The van der Waals surface area contributed by atoms with Crippen molar-refractivity contribution in [1.29, 1.82) is 0 Å². The molecule has 1 aromatic heterocycles. The summed E-state index contributed by atoms with van der Waals surface area (Å²) in [6.07, 6.45) is 1.42. The van der Waals surface area contributed by atoms with E-state index in [1.165, 1.54) is 12.3 Å². The molecule has 0 saturated heterocycles. The molecule has 5 heteroatoms. The van der Waals surface area contributed by atoms with E-state index in [0.29, 0.717) is 0 Å². The molecule has 0 spiro atoms. The Hall–Kier alpha value is -2.30. The van der Waals surface area contributed by atoms with Gasteiger partial charge in [-0.1, -0.05) is 18.2 Å². The number of para-hydroxylation sites is 1. The third kappa shape index (κ3) is 2.34. The van der Waals surface area contributed by atoms with Crippen LogP contribution >= 0.6 is 0 Å². The lowest BCUT2D eigenvalue weighted by molar-refractivity contribution is 0.102. The maximum absolute atomic E-state index is 11.6. The van der Waals surface area contributed by atoms with E-state index < -0.39 is 0 Å². The second-order valence-corrected chi connectivity index (χ2v) is 2.83. The number of amides is 1. The second kappa shape index (κ2) is 4.28. The number of nitrogens with zero attached hydrogens (tertiary/aromatic N) is 3. The Morgan fingerprint density at radius 2 is 1.93 bits per heavy atom. The summed E-state index contributed by atoms with van der Waals surface area (Å²) in [5, 5.41) is 13.2. The maximum Gasteiger partial charge on any atom is 0.276 e. The number of rotatable bonds is 2. The van der Waals surface area contributed by atoms with Gasteiger partial charge in [0.1, 0.15) is 0 Å². The number of aromatic nitrogens is 3. The third-order valence-electron chi connectivity index (χ3n) is 1.77. The van der Waals surface area contributed by atoms with E-state index >= 15 is 0 Å². The summed E-state index contributed by atoms with van der Waals surface area (Å²) in [4.78, 5) is 11.6. The van der Waals surface area contributed by atoms with E-state index in [1.807, 2.05) is 18.2 Å². The number of carbonyl (C=O) groups excluding carboxylic acids is 1. The van der Waals surface area contributed by atoms with Gasteiger partial charge in [-0.15, -0.1) is 10.2 Å². The van der Waals surface area contributed by atoms with Gasteiger partial charge in [0, 0.05) is 5.69 Å². The molecular weight excluding hydrogens is 192 g/mol. The first kappa shape index (κ1) is 9.26. The van der Waals surface area contributed by atoms with Crippen LogP contribution in [0.5, 0.6) is 0 Å². The number of carbonyl (C=O) groups is 1.